The Morgan fingerprint density at radius 1 is 1.06 bits per heavy atom. The second-order valence-corrected chi connectivity index (χ2v) is 6.16. The number of nitrogens with one attached hydrogen (secondary N) is 1. The monoisotopic (exact) mass is 238 g/mol. The van der Waals surface area contributed by atoms with Gasteiger partial charge in [0.2, 0.25) is 0 Å². The molecule has 0 amide bonds. The van der Waals surface area contributed by atoms with Crippen molar-refractivity contribution in [2.45, 2.75) is 70.4 Å². The van der Waals surface area contributed by atoms with E-state index >= 15 is 0 Å². The lowest BCUT2D eigenvalue weighted by Gasteiger charge is -2.35. The van der Waals surface area contributed by atoms with Crippen molar-refractivity contribution in [3.63, 3.8) is 0 Å². The first-order valence-electron chi connectivity index (χ1n) is 7.73. The number of likely N-dealkylation sites (N-methyl/N-ethyl adjacent to an activating group) is 1. The average Bonchev–Trinajstić information content (AvgIpc) is 2.38. The fraction of sp³-hybridized carbons (Fsp3) is 1.00. The van der Waals surface area contributed by atoms with Crippen molar-refractivity contribution in [2.75, 3.05) is 20.1 Å². The molecule has 2 rings (SSSR count). The van der Waals surface area contributed by atoms with Gasteiger partial charge in [0.15, 0.2) is 0 Å². The van der Waals surface area contributed by atoms with Crippen molar-refractivity contribution in [3.8, 4) is 0 Å². The normalized spacial score (nSPS) is 36.0. The summed E-state index contributed by atoms with van der Waals surface area (Å²) in [6.07, 6.45) is 11.3. The minimum absolute atomic E-state index is 0.799. The Morgan fingerprint density at radius 2 is 1.82 bits per heavy atom. The Balaban J connectivity index is 1.65. The van der Waals surface area contributed by atoms with E-state index in [1.807, 2.05) is 0 Å². The third kappa shape index (κ3) is 3.96. The summed E-state index contributed by atoms with van der Waals surface area (Å²) in [7, 11) is 2.29. The second-order valence-electron chi connectivity index (χ2n) is 6.16. The van der Waals surface area contributed by atoms with Crippen LogP contribution in [0.25, 0.3) is 0 Å². The fourth-order valence-corrected chi connectivity index (χ4v) is 3.48. The summed E-state index contributed by atoms with van der Waals surface area (Å²) in [6, 6.07) is 1.61. The second kappa shape index (κ2) is 6.75. The van der Waals surface area contributed by atoms with Gasteiger partial charge in [0, 0.05) is 18.6 Å². The zero-order valence-corrected chi connectivity index (χ0v) is 11.8. The molecule has 0 radical (unpaired) electrons. The Kier molecular flexibility index (Phi) is 5.30. The van der Waals surface area contributed by atoms with Crippen LogP contribution in [0.5, 0.6) is 0 Å². The highest BCUT2D eigenvalue weighted by atomic mass is 15.2. The van der Waals surface area contributed by atoms with Gasteiger partial charge in [0.05, 0.1) is 0 Å². The molecule has 2 fully saturated rings. The maximum absolute atomic E-state index is 3.82. The summed E-state index contributed by atoms with van der Waals surface area (Å²) < 4.78 is 0. The number of hydrogen-bond acceptors (Lipinski definition) is 2. The number of hydrogen-bond donors (Lipinski definition) is 1. The third-order valence-electron chi connectivity index (χ3n) is 4.99. The van der Waals surface area contributed by atoms with E-state index in [2.05, 4.69) is 24.2 Å². The van der Waals surface area contributed by atoms with E-state index < -0.39 is 0 Å². The highest BCUT2D eigenvalue weighted by Crippen LogP contribution is 2.26. The van der Waals surface area contributed by atoms with Crippen LogP contribution in [0.2, 0.25) is 0 Å². The van der Waals surface area contributed by atoms with E-state index in [0.717, 1.165) is 18.0 Å². The topological polar surface area (TPSA) is 15.3 Å². The molecule has 0 aromatic carbocycles. The van der Waals surface area contributed by atoms with E-state index in [9.17, 15) is 0 Å². The van der Waals surface area contributed by atoms with E-state index in [-0.39, 0.29) is 0 Å². The third-order valence-corrected chi connectivity index (χ3v) is 4.99. The molecule has 0 spiro atoms. The van der Waals surface area contributed by atoms with Crippen LogP contribution in [-0.2, 0) is 0 Å². The van der Waals surface area contributed by atoms with E-state index in [4.69, 9.17) is 0 Å². The van der Waals surface area contributed by atoms with Crippen LogP contribution in [0.15, 0.2) is 0 Å². The smallest absolute Gasteiger partial charge is 0.0217 e. The fourth-order valence-electron chi connectivity index (χ4n) is 3.48. The molecule has 1 unspecified atom stereocenters. The molecule has 0 aromatic heterocycles. The van der Waals surface area contributed by atoms with Crippen molar-refractivity contribution in [2.24, 2.45) is 5.92 Å². The molecule has 2 heteroatoms. The molecule has 0 bridgehead atoms. The number of nitrogens with zero attached hydrogens (tertiary/aromatic N) is 1. The summed E-state index contributed by atoms with van der Waals surface area (Å²) in [5.74, 6) is 1.02. The Morgan fingerprint density at radius 3 is 2.47 bits per heavy atom. The van der Waals surface area contributed by atoms with E-state index in [1.54, 1.807) is 0 Å². The molecule has 2 aliphatic rings. The number of likely N-dealkylation sites (tertiary alicyclic amines) is 1. The van der Waals surface area contributed by atoms with Gasteiger partial charge in [-0.2, -0.15) is 0 Å². The predicted molar refractivity (Wildman–Crippen MR) is 74.3 cm³/mol. The van der Waals surface area contributed by atoms with Crippen LogP contribution in [0.1, 0.15) is 58.3 Å². The van der Waals surface area contributed by atoms with Crippen LogP contribution in [0, 0.1) is 5.92 Å². The van der Waals surface area contributed by atoms with Crippen LogP contribution >= 0.6 is 0 Å². The maximum atomic E-state index is 3.82. The van der Waals surface area contributed by atoms with E-state index in [0.29, 0.717) is 0 Å². The standard InChI is InChI=1S/C15H30N2/c1-3-13-7-9-14(10-8-13)16-12-15-6-4-5-11-17(15)2/h13-16H,3-12H2,1-2H3. The predicted octanol–water partition coefficient (Wildman–Crippen LogP) is 3.03. The lowest BCUT2D eigenvalue weighted by molar-refractivity contribution is 0.171. The lowest BCUT2D eigenvalue weighted by atomic mass is 9.84. The van der Waals surface area contributed by atoms with Gasteiger partial charge in [0.25, 0.3) is 0 Å². The van der Waals surface area contributed by atoms with Crippen LogP contribution in [0.3, 0.4) is 0 Å². The number of piperidine rings is 1. The average molecular weight is 238 g/mol. The van der Waals surface area contributed by atoms with Crippen LogP contribution in [-0.4, -0.2) is 37.1 Å². The summed E-state index contributed by atoms with van der Waals surface area (Å²) in [4.78, 5) is 2.55. The Bertz CT molecular complexity index is 209. The molecular formula is C15H30N2. The van der Waals surface area contributed by atoms with Crippen molar-refractivity contribution in [1.29, 1.82) is 0 Å². The van der Waals surface area contributed by atoms with Crippen molar-refractivity contribution >= 4 is 0 Å². The van der Waals surface area contributed by atoms with Crippen LogP contribution < -0.4 is 5.32 Å². The summed E-state index contributed by atoms with van der Waals surface area (Å²) >= 11 is 0. The van der Waals surface area contributed by atoms with Gasteiger partial charge in [0.1, 0.15) is 0 Å². The minimum Gasteiger partial charge on any atom is -0.312 e. The van der Waals surface area contributed by atoms with Crippen LogP contribution in [0.4, 0.5) is 0 Å². The Labute approximate surface area is 107 Å². The lowest BCUT2D eigenvalue weighted by Crippen LogP contribution is -2.46. The number of rotatable bonds is 4. The molecule has 1 N–H and O–H groups in total. The van der Waals surface area contributed by atoms with Crippen molar-refractivity contribution < 1.29 is 0 Å². The molecule has 0 aromatic rings. The summed E-state index contributed by atoms with van der Waals surface area (Å²) in [5, 5.41) is 3.82. The largest absolute Gasteiger partial charge is 0.312 e. The molecule has 1 saturated heterocycles. The minimum atomic E-state index is 0.799. The van der Waals surface area contributed by atoms with Crippen molar-refractivity contribution in [1.82, 2.24) is 10.2 Å². The van der Waals surface area contributed by atoms with Gasteiger partial charge in [-0.1, -0.05) is 19.8 Å². The Hall–Kier alpha value is -0.0800. The zero-order valence-electron chi connectivity index (χ0n) is 11.8. The van der Waals surface area contributed by atoms with Gasteiger partial charge in [-0.3, -0.25) is 0 Å². The highest BCUT2D eigenvalue weighted by molar-refractivity contribution is 4.81. The molecule has 1 saturated carbocycles. The molecule has 1 aliphatic heterocycles. The summed E-state index contributed by atoms with van der Waals surface area (Å²) in [6.45, 7) is 4.86. The molecule has 1 aliphatic carbocycles. The van der Waals surface area contributed by atoms with Gasteiger partial charge < -0.3 is 10.2 Å². The molecule has 2 nitrogen and oxygen atoms in total. The first-order chi connectivity index (χ1) is 8.29. The van der Waals surface area contributed by atoms with Gasteiger partial charge in [-0.15, -0.1) is 0 Å². The van der Waals surface area contributed by atoms with Gasteiger partial charge >= 0.3 is 0 Å². The maximum Gasteiger partial charge on any atom is 0.0217 e. The zero-order chi connectivity index (χ0) is 12.1. The van der Waals surface area contributed by atoms with E-state index in [1.165, 1.54) is 64.5 Å². The molecular weight excluding hydrogens is 208 g/mol. The van der Waals surface area contributed by atoms with Gasteiger partial charge in [-0.25, -0.2) is 0 Å². The SMILES string of the molecule is CCC1CCC(NCC2CCCCN2C)CC1. The quantitative estimate of drug-likeness (QED) is 0.810. The molecule has 1 atom stereocenters. The van der Waals surface area contributed by atoms with Gasteiger partial charge in [-0.05, 0) is 58.0 Å². The summed E-state index contributed by atoms with van der Waals surface area (Å²) in [5.41, 5.74) is 0. The van der Waals surface area contributed by atoms with Crippen molar-refractivity contribution in [3.05, 3.63) is 0 Å². The first-order valence-corrected chi connectivity index (χ1v) is 7.73. The first kappa shape index (κ1) is 13.4. The molecule has 100 valence electrons. The highest BCUT2D eigenvalue weighted by Gasteiger charge is 2.22. The molecule has 1 heterocycles. The molecule has 17 heavy (non-hydrogen) atoms.